The molecule has 3 heterocycles. The Morgan fingerprint density at radius 1 is 1.13 bits per heavy atom. The summed E-state index contributed by atoms with van der Waals surface area (Å²) in [6, 6.07) is 0. The maximum atomic E-state index is 5.55. The number of nitrogens with zero attached hydrogens (tertiary/aromatic N) is 4. The lowest BCUT2D eigenvalue weighted by Crippen LogP contribution is -2.52. The molecule has 1 unspecified atom stereocenters. The Labute approximate surface area is 195 Å². The highest BCUT2D eigenvalue weighted by Crippen LogP contribution is 2.47. The molecule has 2 aliphatic carbocycles. The summed E-state index contributed by atoms with van der Waals surface area (Å²) in [6.45, 7) is 14.0. The van der Waals surface area contributed by atoms with Gasteiger partial charge in [-0.1, -0.05) is 20.8 Å². The number of aromatic nitrogens is 2. The molecule has 1 atom stereocenters. The molecule has 2 aromatic heterocycles. The Kier molecular flexibility index (Phi) is 5.62. The minimum absolute atomic E-state index is 0.364. The molecule has 1 N–H and O–H groups in total. The van der Waals surface area contributed by atoms with E-state index in [2.05, 4.69) is 42.8 Å². The van der Waals surface area contributed by atoms with Crippen molar-refractivity contribution in [3.05, 3.63) is 16.3 Å². The summed E-state index contributed by atoms with van der Waals surface area (Å²) in [7, 11) is 0. The Morgan fingerprint density at radius 2 is 1.87 bits per heavy atom. The first-order valence-corrected chi connectivity index (χ1v) is 13.2. The van der Waals surface area contributed by atoms with Gasteiger partial charge in [-0.05, 0) is 68.1 Å². The van der Waals surface area contributed by atoms with Crippen LogP contribution in [-0.2, 0) is 12.8 Å². The number of piperazine rings is 1. The van der Waals surface area contributed by atoms with E-state index in [1.807, 2.05) is 11.3 Å². The van der Waals surface area contributed by atoms with Crippen LogP contribution in [0.15, 0.2) is 0 Å². The van der Waals surface area contributed by atoms with Gasteiger partial charge in [-0.25, -0.2) is 9.97 Å². The van der Waals surface area contributed by atoms with Crippen molar-refractivity contribution in [2.45, 2.75) is 65.7 Å². The molecule has 31 heavy (non-hydrogen) atoms. The molecule has 5 nitrogen and oxygen atoms in total. The summed E-state index contributed by atoms with van der Waals surface area (Å²) in [5.74, 6) is 3.61. The molecule has 0 spiro atoms. The van der Waals surface area contributed by atoms with Crippen molar-refractivity contribution in [2.75, 3.05) is 37.6 Å². The van der Waals surface area contributed by atoms with Crippen LogP contribution in [-0.4, -0.2) is 52.7 Å². The van der Waals surface area contributed by atoms with Crippen LogP contribution >= 0.6 is 23.6 Å². The van der Waals surface area contributed by atoms with Gasteiger partial charge < -0.3 is 15.1 Å². The number of fused-ring (bicyclic) bond motifs is 3. The zero-order valence-corrected chi connectivity index (χ0v) is 21.0. The third-order valence-corrected chi connectivity index (χ3v) is 8.82. The Bertz CT molecular complexity index is 980. The normalized spacial score (nSPS) is 22.0. The first-order valence-electron chi connectivity index (χ1n) is 11.9. The van der Waals surface area contributed by atoms with Crippen molar-refractivity contribution in [3.63, 3.8) is 0 Å². The van der Waals surface area contributed by atoms with Gasteiger partial charge >= 0.3 is 0 Å². The van der Waals surface area contributed by atoms with Crippen molar-refractivity contribution in [1.82, 2.24) is 20.2 Å². The van der Waals surface area contributed by atoms with E-state index in [1.165, 1.54) is 48.1 Å². The van der Waals surface area contributed by atoms with Crippen LogP contribution in [0, 0.1) is 11.3 Å². The Balaban J connectivity index is 1.48. The standard InChI is InChI=1S/C24H35N5S2/c1-5-25-23(30)29-12-10-28(11-13-29)21-19-17-9-8-16(24(2,3)4)14-18(17)31-22(19)27-20(26-21)15-6-7-15/h15-16H,5-14H2,1-4H3,(H,25,30). The highest BCUT2D eigenvalue weighted by atomic mass is 32.1. The maximum Gasteiger partial charge on any atom is 0.169 e. The monoisotopic (exact) mass is 457 g/mol. The van der Waals surface area contributed by atoms with E-state index >= 15 is 0 Å². The first kappa shape index (κ1) is 21.4. The lowest BCUT2D eigenvalue weighted by molar-refractivity contribution is 0.218. The molecule has 168 valence electrons. The molecule has 5 rings (SSSR count). The number of thiophene rings is 1. The molecule has 0 amide bonds. The fraction of sp³-hybridized carbons (Fsp3) is 0.708. The van der Waals surface area contributed by atoms with Crippen molar-refractivity contribution >= 4 is 44.7 Å². The van der Waals surface area contributed by atoms with Crippen LogP contribution < -0.4 is 10.2 Å². The fourth-order valence-corrected chi connectivity index (χ4v) is 6.68. The van der Waals surface area contributed by atoms with E-state index in [0.717, 1.165) is 49.6 Å². The van der Waals surface area contributed by atoms with Gasteiger partial charge in [-0.2, -0.15) is 0 Å². The molecular weight excluding hydrogens is 422 g/mol. The number of nitrogens with one attached hydrogen (secondary N) is 1. The summed E-state index contributed by atoms with van der Waals surface area (Å²) in [5, 5.41) is 5.54. The quantitative estimate of drug-likeness (QED) is 0.672. The van der Waals surface area contributed by atoms with E-state index in [-0.39, 0.29) is 0 Å². The van der Waals surface area contributed by atoms with E-state index in [4.69, 9.17) is 22.2 Å². The molecule has 7 heteroatoms. The lowest BCUT2D eigenvalue weighted by atomic mass is 9.72. The number of anilines is 1. The largest absolute Gasteiger partial charge is 0.363 e. The summed E-state index contributed by atoms with van der Waals surface area (Å²) < 4.78 is 0. The second kappa shape index (κ2) is 8.14. The molecule has 1 saturated heterocycles. The van der Waals surface area contributed by atoms with E-state index in [0.29, 0.717) is 11.3 Å². The summed E-state index contributed by atoms with van der Waals surface area (Å²) in [5.41, 5.74) is 1.91. The molecule has 0 bridgehead atoms. The molecule has 3 aliphatic rings. The van der Waals surface area contributed by atoms with Crippen LogP contribution in [0.2, 0.25) is 0 Å². The van der Waals surface area contributed by atoms with Crippen molar-refractivity contribution in [2.24, 2.45) is 11.3 Å². The fourth-order valence-electron chi connectivity index (χ4n) is 5.05. The summed E-state index contributed by atoms with van der Waals surface area (Å²) in [6.07, 6.45) is 6.13. The van der Waals surface area contributed by atoms with Gasteiger partial charge in [0.2, 0.25) is 0 Å². The molecule has 2 fully saturated rings. The zero-order chi connectivity index (χ0) is 21.8. The minimum atomic E-state index is 0.364. The summed E-state index contributed by atoms with van der Waals surface area (Å²) in [4.78, 5) is 17.9. The topological polar surface area (TPSA) is 44.3 Å². The summed E-state index contributed by atoms with van der Waals surface area (Å²) >= 11 is 7.50. The Hall–Kier alpha value is -1.47. The van der Waals surface area contributed by atoms with Crippen LogP contribution in [0.3, 0.4) is 0 Å². The van der Waals surface area contributed by atoms with Crippen LogP contribution in [0.4, 0.5) is 5.82 Å². The van der Waals surface area contributed by atoms with Crippen molar-refractivity contribution < 1.29 is 0 Å². The highest BCUT2D eigenvalue weighted by molar-refractivity contribution is 7.80. The average Bonchev–Trinajstić information content (AvgIpc) is 3.53. The minimum Gasteiger partial charge on any atom is -0.363 e. The van der Waals surface area contributed by atoms with Crippen molar-refractivity contribution in [1.29, 1.82) is 0 Å². The number of thiocarbonyl (C=S) groups is 1. The van der Waals surface area contributed by atoms with Gasteiger partial charge in [0, 0.05) is 43.5 Å². The Morgan fingerprint density at radius 3 is 2.52 bits per heavy atom. The van der Waals surface area contributed by atoms with E-state index < -0.39 is 0 Å². The second-order valence-corrected chi connectivity index (χ2v) is 11.9. The molecule has 0 aromatic carbocycles. The van der Waals surface area contributed by atoms with Gasteiger partial charge in [-0.3, -0.25) is 0 Å². The van der Waals surface area contributed by atoms with Crippen LogP contribution in [0.5, 0.6) is 0 Å². The predicted octanol–water partition coefficient (Wildman–Crippen LogP) is 4.74. The predicted molar refractivity (Wildman–Crippen MR) is 134 cm³/mol. The molecule has 1 aliphatic heterocycles. The number of aryl methyl sites for hydroxylation is 1. The SMILES string of the molecule is CCNC(=S)N1CCN(c2nc(C3CC3)nc3sc4c(c23)CCC(C(C)(C)C)C4)CC1. The molecule has 0 radical (unpaired) electrons. The lowest BCUT2D eigenvalue weighted by Gasteiger charge is -2.37. The maximum absolute atomic E-state index is 5.55. The van der Waals surface area contributed by atoms with Crippen molar-refractivity contribution in [3.8, 4) is 0 Å². The number of hydrogen-bond acceptors (Lipinski definition) is 5. The van der Waals surface area contributed by atoms with Crippen LogP contribution in [0.25, 0.3) is 10.2 Å². The average molecular weight is 458 g/mol. The smallest absolute Gasteiger partial charge is 0.169 e. The van der Waals surface area contributed by atoms with E-state index in [1.54, 1.807) is 10.4 Å². The first-order chi connectivity index (χ1) is 14.8. The van der Waals surface area contributed by atoms with Gasteiger partial charge in [-0.15, -0.1) is 11.3 Å². The van der Waals surface area contributed by atoms with Crippen LogP contribution in [0.1, 0.15) is 69.1 Å². The van der Waals surface area contributed by atoms with Gasteiger partial charge in [0.25, 0.3) is 0 Å². The van der Waals surface area contributed by atoms with Gasteiger partial charge in [0.05, 0.1) is 5.39 Å². The van der Waals surface area contributed by atoms with Gasteiger partial charge in [0.1, 0.15) is 16.5 Å². The number of rotatable bonds is 3. The molecule has 2 aromatic rings. The zero-order valence-electron chi connectivity index (χ0n) is 19.3. The van der Waals surface area contributed by atoms with E-state index in [9.17, 15) is 0 Å². The second-order valence-electron chi connectivity index (χ2n) is 10.5. The molecule has 1 saturated carbocycles. The third-order valence-electron chi connectivity index (χ3n) is 7.27. The number of hydrogen-bond donors (Lipinski definition) is 1. The van der Waals surface area contributed by atoms with Gasteiger partial charge in [0.15, 0.2) is 5.11 Å². The molecular formula is C24H35N5S2. The third kappa shape index (κ3) is 4.15. The highest BCUT2D eigenvalue weighted by Gasteiger charge is 2.35.